The average molecular weight is 367 g/mol. The molecular formula is C21H25N3O3. The van der Waals surface area contributed by atoms with Crippen molar-refractivity contribution in [2.45, 2.75) is 31.8 Å². The number of benzene rings is 1. The molecule has 1 unspecified atom stereocenters. The molecule has 0 spiro atoms. The summed E-state index contributed by atoms with van der Waals surface area (Å²) in [4.78, 5) is 30.4. The Morgan fingerprint density at radius 1 is 1.30 bits per heavy atom. The lowest BCUT2D eigenvalue weighted by molar-refractivity contribution is 0.0763. The van der Waals surface area contributed by atoms with Crippen LogP contribution >= 0.6 is 0 Å². The van der Waals surface area contributed by atoms with Gasteiger partial charge in [0.15, 0.2) is 0 Å². The van der Waals surface area contributed by atoms with Gasteiger partial charge < -0.3 is 15.4 Å². The van der Waals surface area contributed by atoms with Crippen molar-refractivity contribution in [2.75, 3.05) is 20.2 Å². The number of amides is 2. The molecule has 1 aliphatic heterocycles. The quantitative estimate of drug-likeness (QED) is 0.815. The molecule has 2 N–H and O–H groups in total. The van der Waals surface area contributed by atoms with Crippen LogP contribution in [0.25, 0.3) is 11.3 Å². The van der Waals surface area contributed by atoms with E-state index in [-0.39, 0.29) is 5.91 Å². The molecule has 0 aliphatic carbocycles. The summed E-state index contributed by atoms with van der Waals surface area (Å²) in [6.45, 7) is 1.53. The number of hydrogen-bond donors (Lipinski definition) is 1. The van der Waals surface area contributed by atoms with Gasteiger partial charge in [-0.05, 0) is 49.9 Å². The van der Waals surface area contributed by atoms with Crippen LogP contribution in [0.15, 0.2) is 42.6 Å². The molecule has 0 saturated carbocycles. The molecule has 1 aromatic heterocycles. The van der Waals surface area contributed by atoms with Crippen LogP contribution in [0.3, 0.4) is 0 Å². The Morgan fingerprint density at radius 2 is 2.15 bits per heavy atom. The van der Waals surface area contributed by atoms with Gasteiger partial charge in [-0.15, -0.1) is 0 Å². The van der Waals surface area contributed by atoms with Crippen LogP contribution in [0.2, 0.25) is 0 Å². The number of rotatable bonds is 7. The van der Waals surface area contributed by atoms with Crippen LogP contribution in [-0.2, 0) is 4.74 Å². The van der Waals surface area contributed by atoms with E-state index in [0.29, 0.717) is 35.0 Å². The molecule has 3 rings (SSSR count). The van der Waals surface area contributed by atoms with Crippen LogP contribution in [0.1, 0.15) is 46.4 Å². The van der Waals surface area contributed by atoms with Gasteiger partial charge in [0.1, 0.15) is 0 Å². The van der Waals surface area contributed by atoms with E-state index in [9.17, 15) is 9.59 Å². The molecule has 1 atom stereocenters. The highest BCUT2D eigenvalue weighted by Gasteiger charge is 2.18. The van der Waals surface area contributed by atoms with E-state index in [4.69, 9.17) is 10.5 Å². The highest BCUT2D eigenvalue weighted by Crippen LogP contribution is 2.23. The van der Waals surface area contributed by atoms with Crippen molar-refractivity contribution in [3.05, 3.63) is 53.7 Å². The highest BCUT2D eigenvalue weighted by atomic mass is 16.5. The third-order valence-corrected chi connectivity index (χ3v) is 4.85. The van der Waals surface area contributed by atoms with Gasteiger partial charge in [0.25, 0.3) is 11.8 Å². The lowest BCUT2D eigenvalue weighted by atomic mass is 10.0. The van der Waals surface area contributed by atoms with E-state index in [1.165, 1.54) is 0 Å². The van der Waals surface area contributed by atoms with Crippen molar-refractivity contribution < 1.29 is 14.3 Å². The van der Waals surface area contributed by atoms with Crippen molar-refractivity contribution >= 4 is 11.8 Å². The Hall–Kier alpha value is -2.73. The van der Waals surface area contributed by atoms with Crippen molar-refractivity contribution in [3.8, 4) is 11.3 Å². The first-order valence-electron chi connectivity index (χ1n) is 9.28. The molecule has 6 nitrogen and oxygen atoms in total. The van der Waals surface area contributed by atoms with Gasteiger partial charge in [0.2, 0.25) is 0 Å². The van der Waals surface area contributed by atoms with Gasteiger partial charge in [0, 0.05) is 37.5 Å². The number of aromatic nitrogens is 1. The molecule has 142 valence electrons. The molecule has 2 aromatic rings. The second kappa shape index (κ2) is 8.77. The van der Waals surface area contributed by atoms with E-state index in [1.807, 2.05) is 6.07 Å². The maximum absolute atomic E-state index is 12.8. The molecule has 0 bridgehead atoms. The topological polar surface area (TPSA) is 85.5 Å². The van der Waals surface area contributed by atoms with E-state index in [0.717, 1.165) is 32.3 Å². The average Bonchev–Trinajstić information content (AvgIpc) is 3.21. The minimum absolute atomic E-state index is 0.0549. The zero-order valence-corrected chi connectivity index (χ0v) is 15.6. The molecule has 6 heteroatoms. The van der Waals surface area contributed by atoms with Crippen molar-refractivity contribution in [1.29, 1.82) is 0 Å². The molecule has 1 saturated heterocycles. The predicted molar refractivity (Wildman–Crippen MR) is 103 cm³/mol. The zero-order valence-electron chi connectivity index (χ0n) is 15.6. The van der Waals surface area contributed by atoms with Gasteiger partial charge in [-0.2, -0.15) is 0 Å². The summed E-state index contributed by atoms with van der Waals surface area (Å²) in [6, 6.07) is 10.4. The minimum Gasteiger partial charge on any atom is -0.378 e. The Bertz CT molecular complexity index is 816. The second-order valence-electron chi connectivity index (χ2n) is 6.85. The summed E-state index contributed by atoms with van der Waals surface area (Å²) < 4.78 is 5.63. The van der Waals surface area contributed by atoms with Crippen molar-refractivity contribution in [1.82, 2.24) is 9.88 Å². The summed E-state index contributed by atoms with van der Waals surface area (Å²) in [5.74, 6) is -0.596. The number of pyridine rings is 1. The van der Waals surface area contributed by atoms with Gasteiger partial charge in [-0.1, -0.05) is 12.1 Å². The lowest BCUT2D eigenvalue weighted by Crippen LogP contribution is -2.28. The largest absolute Gasteiger partial charge is 0.378 e. The van der Waals surface area contributed by atoms with Crippen LogP contribution < -0.4 is 5.73 Å². The number of nitrogens with zero attached hydrogens (tertiary/aromatic N) is 2. The maximum Gasteiger partial charge on any atom is 0.253 e. The fourth-order valence-corrected chi connectivity index (χ4v) is 3.38. The smallest absolute Gasteiger partial charge is 0.253 e. The van der Waals surface area contributed by atoms with E-state index in [2.05, 4.69) is 4.98 Å². The minimum atomic E-state index is -0.541. The van der Waals surface area contributed by atoms with Gasteiger partial charge in [-0.3, -0.25) is 14.6 Å². The maximum atomic E-state index is 12.8. The standard InChI is InChI=1S/C21H25N3O3/c1-24(12-4-8-17-9-5-13-27-17)21(26)16-7-2-6-15(14-16)19-18(20(22)25)10-3-11-23-19/h2-3,6-7,10-11,14,17H,4-5,8-9,12-13H2,1H3,(H2,22,25). The fourth-order valence-electron chi connectivity index (χ4n) is 3.38. The van der Waals surface area contributed by atoms with Crippen LogP contribution in [0.4, 0.5) is 0 Å². The summed E-state index contributed by atoms with van der Waals surface area (Å²) in [5.41, 5.74) is 7.53. The highest BCUT2D eigenvalue weighted by molar-refractivity contribution is 6.00. The molecule has 27 heavy (non-hydrogen) atoms. The van der Waals surface area contributed by atoms with Crippen LogP contribution in [-0.4, -0.2) is 48.0 Å². The lowest BCUT2D eigenvalue weighted by Gasteiger charge is -2.19. The van der Waals surface area contributed by atoms with Crippen molar-refractivity contribution in [2.24, 2.45) is 5.73 Å². The first kappa shape index (κ1) is 19.0. The Labute approximate surface area is 159 Å². The van der Waals surface area contributed by atoms with Gasteiger partial charge >= 0.3 is 0 Å². The number of primary amides is 1. The molecule has 0 radical (unpaired) electrons. The first-order valence-corrected chi connectivity index (χ1v) is 9.28. The third-order valence-electron chi connectivity index (χ3n) is 4.85. The first-order chi connectivity index (χ1) is 13.1. The third kappa shape index (κ3) is 4.71. The number of carbonyl (C=O) groups excluding carboxylic acids is 2. The molecule has 2 amide bonds. The molecule has 1 fully saturated rings. The molecule has 2 heterocycles. The van der Waals surface area contributed by atoms with Crippen molar-refractivity contribution in [3.63, 3.8) is 0 Å². The van der Waals surface area contributed by atoms with Crippen LogP contribution in [0.5, 0.6) is 0 Å². The van der Waals surface area contributed by atoms with Crippen LogP contribution in [0, 0.1) is 0 Å². The Kier molecular flexibility index (Phi) is 6.19. The molecule has 1 aromatic carbocycles. The molecule has 1 aliphatic rings. The Morgan fingerprint density at radius 3 is 2.89 bits per heavy atom. The monoisotopic (exact) mass is 367 g/mol. The Balaban J connectivity index is 1.69. The van der Waals surface area contributed by atoms with E-state index >= 15 is 0 Å². The number of nitrogens with two attached hydrogens (primary N) is 1. The summed E-state index contributed by atoms with van der Waals surface area (Å²) in [6.07, 6.45) is 6.09. The SMILES string of the molecule is CN(CCCC1CCCO1)C(=O)c1cccc(-c2ncccc2C(N)=O)c1. The van der Waals surface area contributed by atoms with E-state index < -0.39 is 5.91 Å². The number of ether oxygens (including phenoxy) is 1. The van der Waals surface area contributed by atoms with Gasteiger partial charge in [0.05, 0.1) is 17.4 Å². The number of carbonyl (C=O) groups is 2. The second-order valence-corrected chi connectivity index (χ2v) is 6.85. The number of hydrogen-bond acceptors (Lipinski definition) is 4. The van der Waals surface area contributed by atoms with Gasteiger partial charge in [-0.25, -0.2) is 0 Å². The van der Waals surface area contributed by atoms with E-state index in [1.54, 1.807) is 48.5 Å². The fraction of sp³-hybridized carbons (Fsp3) is 0.381. The molecular weight excluding hydrogens is 342 g/mol. The predicted octanol–water partition coefficient (Wildman–Crippen LogP) is 2.88. The summed E-state index contributed by atoms with van der Waals surface area (Å²) in [7, 11) is 1.81. The summed E-state index contributed by atoms with van der Waals surface area (Å²) >= 11 is 0. The zero-order chi connectivity index (χ0) is 19.2. The summed E-state index contributed by atoms with van der Waals surface area (Å²) in [5, 5.41) is 0. The normalized spacial score (nSPS) is 16.3.